The Morgan fingerprint density at radius 2 is 2.05 bits per heavy atom. The molecule has 1 atom stereocenters. The van der Waals surface area contributed by atoms with Gasteiger partial charge in [-0.3, -0.25) is 0 Å². The highest BCUT2D eigenvalue weighted by atomic mass is 32.2. The molecule has 19 heavy (non-hydrogen) atoms. The van der Waals surface area contributed by atoms with Gasteiger partial charge in [0.25, 0.3) is 0 Å². The topological polar surface area (TPSA) is 72.6 Å². The lowest BCUT2D eigenvalue weighted by Gasteiger charge is -2.30. The van der Waals surface area contributed by atoms with E-state index in [4.69, 9.17) is 10.5 Å². The van der Waals surface area contributed by atoms with Gasteiger partial charge in [-0.05, 0) is 18.1 Å². The Morgan fingerprint density at radius 3 is 2.68 bits per heavy atom. The van der Waals surface area contributed by atoms with Gasteiger partial charge in [-0.25, -0.2) is 8.42 Å². The van der Waals surface area contributed by atoms with Gasteiger partial charge in [-0.15, -0.1) is 0 Å². The van der Waals surface area contributed by atoms with Gasteiger partial charge in [0.2, 0.25) is 10.0 Å². The molecule has 2 rings (SSSR count). The third-order valence-electron chi connectivity index (χ3n) is 3.27. The van der Waals surface area contributed by atoms with Crippen LogP contribution in [0.1, 0.15) is 18.1 Å². The maximum atomic E-state index is 12.4. The van der Waals surface area contributed by atoms with E-state index in [-0.39, 0.29) is 11.9 Å². The van der Waals surface area contributed by atoms with E-state index < -0.39 is 10.0 Å². The van der Waals surface area contributed by atoms with Crippen molar-refractivity contribution in [2.24, 2.45) is 5.73 Å². The molecule has 1 heterocycles. The van der Waals surface area contributed by atoms with Gasteiger partial charge in [0.1, 0.15) is 0 Å². The first-order valence-electron chi connectivity index (χ1n) is 6.39. The minimum absolute atomic E-state index is 0.00704. The van der Waals surface area contributed by atoms with Crippen LogP contribution in [-0.2, 0) is 27.1 Å². The van der Waals surface area contributed by atoms with E-state index in [0.717, 1.165) is 11.1 Å². The Balaban J connectivity index is 2.16. The molecule has 106 valence electrons. The molecule has 1 aromatic carbocycles. The lowest BCUT2D eigenvalue weighted by molar-refractivity contribution is 0.0101. The summed E-state index contributed by atoms with van der Waals surface area (Å²) in [5.41, 5.74) is 7.31. The quantitative estimate of drug-likeness (QED) is 0.883. The molecule has 0 aromatic heterocycles. The summed E-state index contributed by atoms with van der Waals surface area (Å²) in [6, 6.07) is 7.40. The summed E-state index contributed by atoms with van der Waals surface area (Å²) in [6.07, 6.45) is -0.0479. The Bertz CT molecular complexity index is 530. The summed E-state index contributed by atoms with van der Waals surface area (Å²) in [5.74, 6) is 0.00704. The van der Waals surface area contributed by atoms with Crippen LogP contribution in [0, 0.1) is 0 Å². The maximum Gasteiger partial charge on any atom is 0.218 e. The van der Waals surface area contributed by atoms with Crippen LogP contribution in [-0.4, -0.2) is 38.5 Å². The molecule has 1 aromatic rings. The fourth-order valence-electron chi connectivity index (χ4n) is 2.22. The highest BCUT2D eigenvalue weighted by molar-refractivity contribution is 7.88. The Morgan fingerprint density at radius 1 is 1.37 bits per heavy atom. The molecule has 0 radical (unpaired) electrons. The van der Waals surface area contributed by atoms with Gasteiger partial charge in [0.05, 0.1) is 18.5 Å². The summed E-state index contributed by atoms with van der Waals surface area (Å²) >= 11 is 0. The van der Waals surface area contributed by atoms with Gasteiger partial charge in [-0.1, -0.05) is 24.3 Å². The van der Waals surface area contributed by atoms with E-state index in [1.54, 1.807) is 0 Å². The van der Waals surface area contributed by atoms with Gasteiger partial charge >= 0.3 is 0 Å². The molecule has 6 heteroatoms. The van der Waals surface area contributed by atoms with Crippen molar-refractivity contribution in [3.63, 3.8) is 0 Å². The number of benzene rings is 1. The normalized spacial score (nSPS) is 21.5. The van der Waals surface area contributed by atoms with Gasteiger partial charge < -0.3 is 10.5 Å². The second kappa shape index (κ2) is 6.00. The molecule has 1 aliphatic rings. The Labute approximate surface area is 114 Å². The first-order valence-corrected chi connectivity index (χ1v) is 8.00. The first kappa shape index (κ1) is 14.5. The minimum atomic E-state index is -3.30. The lowest BCUT2D eigenvalue weighted by Crippen LogP contribution is -2.44. The van der Waals surface area contributed by atoms with Crippen LogP contribution in [0.5, 0.6) is 0 Å². The first-order chi connectivity index (χ1) is 9.03. The van der Waals surface area contributed by atoms with Crippen molar-refractivity contribution in [3.8, 4) is 0 Å². The summed E-state index contributed by atoms with van der Waals surface area (Å²) in [7, 11) is -3.30. The molecular weight excluding hydrogens is 264 g/mol. The summed E-state index contributed by atoms with van der Waals surface area (Å²) in [4.78, 5) is 0. The third-order valence-corrected chi connectivity index (χ3v) is 5.07. The predicted octanol–water partition coefficient (Wildman–Crippen LogP) is 0.696. The number of nitrogens with two attached hydrogens (primary N) is 1. The van der Waals surface area contributed by atoms with E-state index in [1.165, 1.54) is 4.31 Å². The monoisotopic (exact) mass is 284 g/mol. The molecular formula is C13H20N2O3S. The Hall–Kier alpha value is -0.950. The van der Waals surface area contributed by atoms with Crippen molar-refractivity contribution < 1.29 is 13.2 Å². The fourth-order valence-corrected chi connectivity index (χ4v) is 3.87. The second-order valence-corrected chi connectivity index (χ2v) is 6.74. The lowest BCUT2D eigenvalue weighted by atomic mass is 10.1. The van der Waals surface area contributed by atoms with Crippen molar-refractivity contribution in [2.45, 2.75) is 25.3 Å². The highest BCUT2D eigenvalue weighted by Crippen LogP contribution is 2.17. The van der Waals surface area contributed by atoms with Crippen LogP contribution < -0.4 is 5.73 Å². The van der Waals surface area contributed by atoms with E-state index >= 15 is 0 Å². The standard InChI is InChI=1S/C13H20N2O3S/c1-11-9-15(6-7-18-11)19(16,17)10-13-5-3-2-4-12(13)8-14/h2-5,11H,6-10,14H2,1H3. The predicted molar refractivity (Wildman–Crippen MR) is 73.9 cm³/mol. The molecule has 5 nitrogen and oxygen atoms in total. The number of hydrogen-bond acceptors (Lipinski definition) is 4. The smallest absolute Gasteiger partial charge is 0.218 e. The van der Waals surface area contributed by atoms with Crippen molar-refractivity contribution in [3.05, 3.63) is 35.4 Å². The van der Waals surface area contributed by atoms with Crippen molar-refractivity contribution in [1.82, 2.24) is 4.31 Å². The molecule has 0 bridgehead atoms. The number of ether oxygens (including phenoxy) is 1. The SMILES string of the molecule is CC1CN(S(=O)(=O)Cc2ccccc2CN)CCO1. The van der Waals surface area contributed by atoms with Gasteiger partial charge in [-0.2, -0.15) is 4.31 Å². The third kappa shape index (κ3) is 3.54. The van der Waals surface area contributed by atoms with E-state index in [2.05, 4.69) is 0 Å². The molecule has 1 unspecified atom stereocenters. The summed E-state index contributed by atoms with van der Waals surface area (Å²) < 4.78 is 31.7. The molecule has 0 aliphatic carbocycles. The van der Waals surface area contributed by atoms with Crippen LogP contribution in [0.4, 0.5) is 0 Å². The average Bonchev–Trinajstić information content (AvgIpc) is 2.39. The van der Waals surface area contributed by atoms with Crippen LogP contribution in [0.2, 0.25) is 0 Å². The molecule has 1 saturated heterocycles. The minimum Gasteiger partial charge on any atom is -0.376 e. The van der Waals surface area contributed by atoms with Gasteiger partial charge in [0, 0.05) is 19.6 Å². The average molecular weight is 284 g/mol. The molecule has 1 fully saturated rings. The fraction of sp³-hybridized carbons (Fsp3) is 0.538. The van der Waals surface area contributed by atoms with E-state index in [1.807, 2.05) is 31.2 Å². The van der Waals surface area contributed by atoms with Crippen LogP contribution in [0.25, 0.3) is 0 Å². The van der Waals surface area contributed by atoms with Crippen molar-refractivity contribution in [1.29, 1.82) is 0 Å². The highest BCUT2D eigenvalue weighted by Gasteiger charge is 2.28. The molecule has 1 aliphatic heterocycles. The maximum absolute atomic E-state index is 12.4. The second-order valence-electron chi connectivity index (χ2n) is 4.77. The zero-order valence-electron chi connectivity index (χ0n) is 11.1. The molecule has 0 spiro atoms. The zero-order chi connectivity index (χ0) is 13.9. The zero-order valence-corrected chi connectivity index (χ0v) is 11.9. The Kier molecular flexibility index (Phi) is 4.57. The van der Waals surface area contributed by atoms with Crippen molar-refractivity contribution >= 4 is 10.0 Å². The number of sulfonamides is 1. The molecule has 0 saturated carbocycles. The molecule has 0 amide bonds. The number of nitrogens with zero attached hydrogens (tertiary/aromatic N) is 1. The largest absolute Gasteiger partial charge is 0.376 e. The number of rotatable bonds is 4. The van der Waals surface area contributed by atoms with Crippen molar-refractivity contribution in [2.75, 3.05) is 19.7 Å². The van der Waals surface area contributed by atoms with Gasteiger partial charge in [0.15, 0.2) is 0 Å². The number of morpholine rings is 1. The summed E-state index contributed by atoms with van der Waals surface area (Å²) in [6.45, 7) is 3.55. The van der Waals surface area contributed by atoms with E-state index in [9.17, 15) is 8.42 Å². The van der Waals surface area contributed by atoms with Crippen LogP contribution in [0.3, 0.4) is 0 Å². The van der Waals surface area contributed by atoms with Crippen LogP contribution in [0.15, 0.2) is 24.3 Å². The van der Waals surface area contributed by atoms with Crippen LogP contribution >= 0.6 is 0 Å². The molecule has 2 N–H and O–H groups in total. The van der Waals surface area contributed by atoms with E-state index in [0.29, 0.717) is 26.2 Å². The number of hydrogen-bond donors (Lipinski definition) is 1. The summed E-state index contributed by atoms with van der Waals surface area (Å²) in [5, 5.41) is 0.